The number of nitrogens with zero attached hydrogens (tertiary/aromatic N) is 3. The number of hydrogen-bond acceptors (Lipinski definition) is 3. The summed E-state index contributed by atoms with van der Waals surface area (Å²) < 4.78 is 0. The molecule has 1 aromatic carbocycles. The molecular weight excluding hydrogens is 258 g/mol. The van der Waals surface area contributed by atoms with Crippen molar-refractivity contribution in [3.05, 3.63) is 53.5 Å². The Bertz CT molecular complexity index is 770. The van der Waals surface area contributed by atoms with Gasteiger partial charge in [-0.25, -0.2) is 9.97 Å². The molecule has 0 N–H and O–H groups in total. The van der Waals surface area contributed by atoms with Crippen LogP contribution >= 0.6 is 0 Å². The minimum absolute atomic E-state index is 0.206. The Labute approximate surface area is 125 Å². The van der Waals surface area contributed by atoms with E-state index < -0.39 is 0 Å². The fourth-order valence-corrected chi connectivity index (χ4v) is 3.37. The summed E-state index contributed by atoms with van der Waals surface area (Å²) >= 11 is 0. The van der Waals surface area contributed by atoms with Gasteiger partial charge in [0.15, 0.2) is 0 Å². The molecule has 0 atom stereocenters. The SMILES string of the molecule is C=Cc1ccc2c(c1)C(=NC)C(C)(C)c1c(C)ncnc1-2. The number of rotatable bonds is 1. The van der Waals surface area contributed by atoms with Gasteiger partial charge in [-0.15, -0.1) is 0 Å². The van der Waals surface area contributed by atoms with Gasteiger partial charge in [-0.05, 0) is 18.6 Å². The van der Waals surface area contributed by atoms with Gasteiger partial charge in [0.2, 0.25) is 0 Å². The third-order valence-electron chi connectivity index (χ3n) is 4.27. The molecule has 1 aliphatic carbocycles. The van der Waals surface area contributed by atoms with Gasteiger partial charge in [-0.1, -0.05) is 38.6 Å². The van der Waals surface area contributed by atoms with Crippen molar-refractivity contribution in [2.24, 2.45) is 4.99 Å². The Morgan fingerprint density at radius 2 is 1.95 bits per heavy atom. The first-order valence-electron chi connectivity index (χ1n) is 7.07. The average molecular weight is 277 g/mol. The number of hydrogen-bond donors (Lipinski definition) is 0. The fourth-order valence-electron chi connectivity index (χ4n) is 3.37. The minimum Gasteiger partial charge on any atom is -0.292 e. The lowest BCUT2D eigenvalue weighted by atomic mass is 9.69. The predicted octanol–water partition coefficient (Wildman–Crippen LogP) is 3.81. The summed E-state index contributed by atoms with van der Waals surface area (Å²) in [5.74, 6) is 0. The predicted molar refractivity (Wildman–Crippen MR) is 87.8 cm³/mol. The molecule has 3 nitrogen and oxygen atoms in total. The number of aromatic nitrogens is 2. The summed E-state index contributed by atoms with van der Waals surface area (Å²) in [5, 5.41) is 0. The van der Waals surface area contributed by atoms with Crippen molar-refractivity contribution < 1.29 is 0 Å². The number of aryl methyl sites for hydroxylation is 1. The first kappa shape index (κ1) is 13.7. The van der Waals surface area contributed by atoms with Crippen molar-refractivity contribution in [2.75, 3.05) is 7.05 Å². The van der Waals surface area contributed by atoms with Crippen LogP contribution in [0.1, 0.15) is 36.2 Å². The summed E-state index contributed by atoms with van der Waals surface area (Å²) in [7, 11) is 1.85. The molecule has 3 heteroatoms. The van der Waals surface area contributed by atoms with E-state index in [2.05, 4.69) is 53.6 Å². The second-order valence-electron chi connectivity index (χ2n) is 5.89. The van der Waals surface area contributed by atoms with Gasteiger partial charge >= 0.3 is 0 Å². The summed E-state index contributed by atoms with van der Waals surface area (Å²) in [5.41, 5.74) is 7.44. The van der Waals surface area contributed by atoms with Gasteiger partial charge in [0.25, 0.3) is 0 Å². The van der Waals surface area contributed by atoms with Crippen LogP contribution in [0.3, 0.4) is 0 Å². The molecular formula is C18H19N3. The molecule has 0 unspecified atom stereocenters. The molecule has 0 amide bonds. The van der Waals surface area contributed by atoms with Gasteiger partial charge in [-0.2, -0.15) is 0 Å². The molecule has 0 saturated heterocycles. The van der Waals surface area contributed by atoms with Gasteiger partial charge < -0.3 is 0 Å². The standard InChI is InChI=1S/C18H19N3/c1-6-12-7-8-13-14(9-12)17(19-5)18(3,4)15-11(2)20-10-21-16(13)15/h6-10H,1H2,2-5H3. The van der Waals surface area contributed by atoms with Crippen molar-refractivity contribution in [1.29, 1.82) is 0 Å². The van der Waals surface area contributed by atoms with E-state index in [0.29, 0.717) is 0 Å². The maximum absolute atomic E-state index is 4.58. The van der Waals surface area contributed by atoms with Crippen LogP contribution in [0.25, 0.3) is 17.3 Å². The molecule has 0 bridgehead atoms. The topological polar surface area (TPSA) is 38.1 Å². The van der Waals surface area contributed by atoms with Crippen LogP contribution in [0.4, 0.5) is 0 Å². The fraction of sp³-hybridized carbons (Fsp3) is 0.278. The van der Waals surface area contributed by atoms with E-state index in [1.807, 2.05) is 20.0 Å². The molecule has 1 aromatic heterocycles. The Morgan fingerprint density at radius 1 is 1.19 bits per heavy atom. The zero-order valence-corrected chi connectivity index (χ0v) is 12.9. The Hall–Kier alpha value is -2.29. The Balaban J connectivity index is 2.44. The first-order chi connectivity index (χ1) is 10.0. The lowest BCUT2D eigenvalue weighted by Gasteiger charge is -2.35. The van der Waals surface area contributed by atoms with Crippen LogP contribution in [0.2, 0.25) is 0 Å². The van der Waals surface area contributed by atoms with Crippen LogP contribution in [-0.2, 0) is 5.41 Å². The molecule has 0 radical (unpaired) electrons. The second-order valence-corrected chi connectivity index (χ2v) is 5.89. The highest BCUT2D eigenvalue weighted by Gasteiger charge is 2.38. The van der Waals surface area contributed by atoms with E-state index in [1.54, 1.807) is 6.33 Å². The van der Waals surface area contributed by atoms with E-state index >= 15 is 0 Å². The van der Waals surface area contributed by atoms with Crippen molar-refractivity contribution in [3.63, 3.8) is 0 Å². The van der Waals surface area contributed by atoms with E-state index in [0.717, 1.165) is 33.8 Å². The van der Waals surface area contributed by atoms with Crippen molar-refractivity contribution in [2.45, 2.75) is 26.2 Å². The molecule has 1 aliphatic rings. The summed E-state index contributed by atoms with van der Waals surface area (Å²) in [4.78, 5) is 13.5. The molecule has 0 spiro atoms. The van der Waals surface area contributed by atoms with E-state index in [4.69, 9.17) is 0 Å². The van der Waals surface area contributed by atoms with Crippen LogP contribution < -0.4 is 0 Å². The zero-order valence-electron chi connectivity index (χ0n) is 12.9. The highest BCUT2D eigenvalue weighted by Crippen LogP contribution is 2.43. The van der Waals surface area contributed by atoms with Crippen LogP contribution in [0.15, 0.2) is 36.1 Å². The van der Waals surface area contributed by atoms with Crippen LogP contribution in [0.5, 0.6) is 0 Å². The van der Waals surface area contributed by atoms with E-state index in [1.165, 1.54) is 5.56 Å². The lowest BCUT2D eigenvalue weighted by molar-refractivity contribution is 0.694. The first-order valence-corrected chi connectivity index (χ1v) is 7.07. The third-order valence-corrected chi connectivity index (χ3v) is 4.27. The third kappa shape index (κ3) is 1.84. The molecule has 2 aromatic rings. The second kappa shape index (κ2) is 4.62. The molecule has 3 rings (SSSR count). The van der Waals surface area contributed by atoms with Gasteiger partial charge in [0, 0.05) is 34.8 Å². The molecule has 0 aliphatic heterocycles. The van der Waals surface area contributed by atoms with E-state index in [9.17, 15) is 0 Å². The van der Waals surface area contributed by atoms with Gasteiger partial charge in [0.05, 0.1) is 11.4 Å². The highest BCUT2D eigenvalue weighted by atomic mass is 14.9. The number of aliphatic imine (C=N–C) groups is 1. The average Bonchev–Trinajstić information content (AvgIpc) is 2.46. The van der Waals surface area contributed by atoms with Gasteiger partial charge in [-0.3, -0.25) is 4.99 Å². The Kier molecular flexibility index (Phi) is 3.01. The van der Waals surface area contributed by atoms with Gasteiger partial charge in [0.1, 0.15) is 6.33 Å². The maximum atomic E-state index is 4.58. The zero-order chi connectivity index (χ0) is 15.2. The monoisotopic (exact) mass is 277 g/mol. The number of fused-ring (bicyclic) bond motifs is 3. The summed E-state index contributed by atoms with van der Waals surface area (Å²) in [6.45, 7) is 10.3. The summed E-state index contributed by atoms with van der Waals surface area (Å²) in [6.07, 6.45) is 3.50. The van der Waals surface area contributed by atoms with Crippen molar-refractivity contribution in [1.82, 2.24) is 9.97 Å². The smallest absolute Gasteiger partial charge is 0.116 e. The minimum atomic E-state index is -0.206. The number of benzene rings is 1. The molecule has 106 valence electrons. The quantitative estimate of drug-likeness (QED) is 0.795. The molecule has 0 saturated carbocycles. The molecule has 21 heavy (non-hydrogen) atoms. The van der Waals surface area contributed by atoms with Crippen LogP contribution in [-0.4, -0.2) is 22.7 Å². The normalized spacial score (nSPS) is 17.2. The van der Waals surface area contributed by atoms with Crippen molar-refractivity contribution in [3.8, 4) is 11.3 Å². The van der Waals surface area contributed by atoms with Crippen molar-refractivity contribution >= 4 is 11.8 Å². The largest absolute Gasteiger partial charge is 0.292 e. The maximum Gasteiger partial charge on any atom is 0.116 e. The highest BCUT2D eigenvalue weighted by molar-refractivity contribution is 6.15. The molecule has 0 fully saturated rings. The molecule has 1 heterocycles. The van der Waals surface area contributed by atoms with Crippen LogP contribution in [0, 0.1) is 6.92 Å². The van der Waals surface area contributed by atoms with E-state index in [-0.39, 0.29) is 5.41 Å². The Morgan fingerprint density at radius 3 is 2.62 bits per heavy atom. The summed E-state index contributed by atoms with van der Waals surface area (Å²) in [6, 6.07) is 6.32. The lowest BCUT2D eigenvalue weighted by Crippen LogP contribution is -2.35.